The molecule has 0 aliphatic rings. The zero-order chi connectivity index (χ0) is 15.3. The van der Waals surface area contributed by atoms with Gasteiger partial charge in [0.05, 0.1) is 0 Å². The van der Waals surface area contributed by atoms with Gasteiger partial charge in [-0.2, -0.15) is 22.0 Å². The molecule has 1 amide bonds. The third-order valence-electron chi connectivity index (χ3n) is 2.75. The molecule has 19 heavy (non-hydrogen) atoms. The van der Waals surface area contributed by atoms with E-state index in [1.54, 1.807) is 5.32 Å². The van der Waals surface area contributed by atoms with Crippen LogP contribution in [0.5, 0.6) is 0 Å². The molecular weight excluding hydrogens is 271 g/mol. The van der Waals surface area contributed by atoms with Crippen molar-refractivity contribution < 1.29 is 26.7 Å². The van der Waals surface area contributed by atoms with Crippen LogP contribution in [0.15, 0.2) is 0 Å². The number of carbonyl (C=O) groups excluding carboxylic acids is 1. The summed E-state index contributed by atoms with van der Waals surface area (Å²) in [5.41, 5.74) is 0. The van der Waals surface area contributed by atoms with Crippen LogP contribution in [0.1, 0.15) is 26.7 Å². The number of halogens is 5. The Morgan fingerprint density at radius 1 is 1.16 bits per heavy atom. The van der Waals surface area contributed by atoms with Crippen molar-refractivity contribution in [3.63, 3.8) is 0 Å². The molecule has 0 aromatic carbocycles. The average Bonchev–Trinajstić information content (AvgIpc) is 2.26. The Morgan fingerprint density at radius 2 is 1.68 bits per heavy atom. The highest BCUT2D eigenvalue weighted by atomic mass is 19.4. The summed E-state index contributed by atoms with van der Waals surface area (Å²) in [6.45, 7) is 4.44. The third kappa shape index (κ3) is 5.71. The molecule has 0 aromatic heterocycles. The topological polar surface area (TPSA) is 32.3 Å². The van der Waals surface area contributed by atoms with Crippen molar-refractivity contribution >= 4 is 5.91 Å². The highest BCUT2D eigenvalue weighted by molar-refractivity contribution is 5.84. The van der Waals surface area contributed by atoms with Crippen LogP contribution in [0.2, 0.25) is 0 Å². The summed E-state index contributed by atoms with van der Waals surface area (Å²) in [6.07, 6.45) is -4.90. The van der Waals surface area contributed by atoms with E-state index < -0.39 is 18.0 Å². The van der Waals surface area contributed by atoms with Crippen LogP contribution >= 0.6 is 0 Å². The van der Waals surface area contributed by atoms with Crippen molar-refractivity contribution in [3.05, 3.63) is 0 Å². The first-order valence-corrected chi connectivity index (χ1v) is 5.93. The molecule has 0 rings (SSSR count). The number of nitrogens with one attached hydrogen (secondary N) is 1. The quantitative estimate of drug-likeness (QED) is 0.577. The van der Waals surface area contributed by atoms with E-state index in [1.807, 2.05) is 25.8 Å². The highest BCUT2D eigenvalue weighted by Crippen LogP contribution is 2.35. The highest BCUT2D eigenvalue weighted by Gasteiger charge is 2.63. The molecule has 0 bridgehead atoms. The Morgan fingerprint density at radius 3 is 2.11 bits per heavy atom. The lowest BCUT2D eigenvalue weighted by molar-refractivity contribution is -0.269. The second kappa shape index (κ2) is 7.02. The lowest BCUT2D eigenvalue weighted by Crippen LogP contribution is -2.50. The molecule has 0 saturated carbocycles. The number of unbranched alkanes of at least 4 members (excludes halogenated alkanes) is 1. The monoisotopic (exact) mass is 290 g/mol. The van der Waals surface area contributed by atoms with Gasteiger partial charge in [0.25, 0.3) is 5.91 Å². The Hall–Kier alpha value is -0.920. The largest absolute Gasteiger partial charge is 0.463 e. The maximum atomic E-state index is 12.5. The zero-order valence-electron chi connectivity index (χ0n) is 11.2. The summed E-state index contributed by atoms with van der Waals surface area (Å²) < 4.78 is 60.6. The van der Waals surface area contributed by atoms with E-state index in [4.69, 9.17) is 0 Å². The van der Waals surface area contributed by atoms with E-state index in [9.17, 15) is 26.7 Å². The lowest BCUT2D eigenvalue weighted by atomic mass is 10.2. The van der Waals surface area contributed by atoms with Gasteiger partial charge in [-0.05, 0) is 40.3 Å². The minimum Gasteiger partial charge on any atom is -0.351 e. The number of nitrogens with zero attached hydrogens (tertiary/aromatic N) is 1. The SMILES string of the molecule is CC(C)N(C)CCCCNC(=O)C(F)(F)C(F)(F)F. The number of carbonyl (C=O) groups is 1. The van der Waals surface area contributed by atoms with Crippen molar-refractivity contribution in [1.82, 2.24) is 10.2 Å². The Labute approximate surface area is 109 Å². The summed E-state index contributed by atoms with van der Waals surface area (Å²) in [5, 5.41) is 1.60. The second-order valence-corrected chi connectivity index (χ2v) is 4.61. The van der Waals surface area contributed by atoms with Crippen molar-refractivity contribution in [2.75, 3.05) is 20.1 Å². The molecule has 0 aliphatic heterocycles. The van der Waals surface area contributed by atoms with Gasteiger partial charge in [-0.3, -0.25) is 4.79 Å². The van der Waals surface area contributed by atoms with Crippen LogP contribution in [0, 0.1) is 0 Å². The van der Waals surface area contributed by atoms with Crippen LogP contribution in [0.25, 0.3) is 0 Å². The van der Waals surface area contributed by atoms with Crippen molar-refractivity contribution in [3.8, 4) is 0 Å². The molecule has 8 heteroatoms. The Kier molecular flexibility index (Phi) is 6.68. The molecule has 0 heterocycles. The average molecular weight is 290 g/mol. The van der Waals surface area contributed by atoms with Gasteiger partial charge < -0.3 is 10.2 Å². The minimum atomic E-state index is -5.85. The van der Waals surface area contributed by atoms with Crippen LogP contribution in [0.3, 0.4) is 0 Å². The van der Waals surface area contributed by atoms with E-state index in [1.165, 1.54) is 0 Å². The second-order valence-electron chi connectivity index (χ2n) is 4.61. The van der Waals surface area contributed by atoms with Crippen molar-refractivity contribution in [2.24, 2.45) is 0 Å². The molecule has 114 valence electrons. The molecule has 1 N–H and O–H groups in total. The van der Waals surface area contributed by atoms with E-state index >= 15 is 0 Å². The fraction of sp³-hybridized carbons (Fsp3) is 0.909. The normalized spacial score (nSPS) is 13.2. The summed E-state index contributed by atoms with van der Waals surface area (Å²) in [5.74, 6) is -7.63. The molecule has 0 aliphatic carbocycles. The molecule has 0 aromatic rings. The number of hydrogen-bond acceptors (Lipinski definition) is 2. The third-order valence-corrected chi connectivity index (χ3v) is 2.75. The van der Waals surface area contributed by atoms with Gasteiger partial charge in [0.1, 0.15) is 0 Å². The van der Waals surface area contributed by atoms with Gasteiger partial charge in [0.15, 0.2) is 0 Å². The summed E-state index contributed by atoms with van der Waals surface area (Å²) in [4.78, 5) is 12.7. The van der Waals surface area contributed by atoms with Gasteiger partial charge in [0, 0.05) is 12.6 Å². The van der Waals surface area contributed by atoms with E-state index in [0.717, 1.165) is 0 Å². The van der Waals surface area contributed by atoms with Crippen molar-refractivity contribution in [1.29, 1.82) is 0 Å². The molecule has 0 spiro atoms. The minimum absolute atomic E-state index is 0.198. The van der Waals surface area contributed by atoms with Crippen LogP contribution in [-0.4, -0.2) is 49.1 Å². The molecular formula is C11H19F5N2O. The summed E-state index contributed by atoms with van der Waals surface area (Å²) in [6, 6.07) is 0.323. The number of hydrogen-bond donors (Lipinski definition) is 1. The van der Waals surface area contributed by atoms with E-state index in [2.05, 4.69) is 0 Å². The fourth-order valence-electron chi connectivity index (χ4n) is 1.19. The molecule has 3 nitrogen and oxygen atoms in total. The van der Waals surface area contributed by atoms with Crippen LogP contribution < -0.4 is 5.32 Å². The molecule has 0 fully saturated rings. The first-order chi connectivity index (χ1) is 8.50. The predicted molar refractivity (Wildman–Crippen MR) is 61.0 cm³/mol. The number of amides is 1. The summed E-state index contributed by atoms with van der Waals surface area (Å²) >= 11 is 0. The van der Waals surface area contributed by atoms with Gasteiger partial charge in [-0.1, -0.05) is 0 Å². The smallest absolute Gasteiger partial charge is 0.351 e. The maximum Gasteiger partial charge on any atom is 0.463 e. The fourth-order valence-corrected chi connectivity index (χ4v) is 1.19. The predicted octanol–water partition coefficient (Wildman–Crippen LogP) is 2.42. The van der Waals surface area contributed by atoms with E-state index in [0.29, 0.717) is 25.4 Å². The maximum absolute atomic E-state index is 12.5. The molecule has 0 saturated heterocycles. The van der Waals surface area contributed by atoms with Crippen molar-refractivity contribution in [2.45, 2.75) is 44.8 Å². The van der Waals surface area contributed by atoms with Gasteiger partial charge >= 0.3 is 12.1 Å². The number of alkyl halides is 5. The zero-order valence-corrected chi connectivity index (χ0v) is 11.2. The standard InChI is InChI=1S/C11H19F5N2O/c1-8(2)18(3)7-5-4-6-17-9(19)10(12,13)11(14,15)16/h8H,4-7H2,1-3H3,(H,17,19). The summed E-state index contributed by atoms with van der Waals surface area (Å²) in [7, 11) is 1.88. The van der Waals surface area contributed by atoms with Gasteiger partial charge in [-0.25, -0.2) is 0 Å². The molecule has 0 atom stereocenters. The lowest BCUT2D eigenvalue weighted by Gasteiger charge is -2.21. The van der Waals surface area contributed by atoms with Crippen LogP contribution in [0.4, 0.5) is 22.0 Å². The van der Waals surface area contributed by atoms with Gasteiger partial charge in [-0.15, -0.1) is 0 Å². The Balaban J connectivity index is 3.94. The van der Waals surface area contributed by atoms with E-state index in [-0.39, 0.29) is 6.54 Å². The Bertz CT molecular complexity index is 291. The molecule has 0 radical (unpaired) electrons. The first-order valence-electron chi connectivity index (χ1n) is 5.93. The molecule has 0 unspecified atom stereocenters. The number of rotatable bonds is 7. The first kappa shape index (κ1) is 18.1. The van der Waals surface area contributed by atoms with Crippen LogP contribution in [-0.2, 0) is 4.79 Å². The van der Waals surface area contributed by atoms with Gasteiger partial charge in [0.2, 0.25) is 0 Å².